The van der Waals surface area contributed by atoms with E-state index in [-0.39, 0.29) is 12.3 Å². The zero-order valence-electron chi connectivity index (χ0n) is 11.1. The van der Waals surface area contributed by atoms with Gasteiger partial charge < -0.3 is 10.2 Å². The summed E-state index contributed by atoms with van der Waals surface area (Å²) in [7, 11) is -3.36. The van der Waals surface area contributed by atoms with Crippen LogP contribution in [0, 0.1) is 0 Å². The Bertz CT molecular complexity index is 731. The van der Waals surface area contributed by atoms with Gasteiger partial charge in [0.25, 0.3) is 0 Å². The molecule has 5 heteroatoms. The second kappa shape index (κ2) is 5.07. The highest BCUT2D eigenvalue weighted by molar-refractivity contribution is 7.90. The van der Waals surface area contributed by atoms with Crippen molar-refractivity contribution in [3.8, 4) is 0 Å². The predicted molar refractivity (Wildman–Crippen MR) is 76.0 cm³/mol. The summed E-state index contributed by atoms with van der Waals surface area (Å²) >= 11 is 0. The van der Waals surface area contributed by atoms with Gasteiger partial charge in [-0.2, -0.15) is 0 Å². The molecule has 0 radical (unpaired) electrons. The Morgan fingerprint density at radius 3 is 2.55 bits per heavy atom. The predicted octanol–water partition coefficient (Wildman–Crippen LogP) is 2.20. The standard InChI is InChI=1S/C15H17NO3S/c16-9-13-5-6-14(19-13)10-20(17,18)15-7-4-11-2-1-3-12(11)8-15/h4-8H,1-3,9-10,16H2. The normalized spacial score (nSPS) is 14.4. The Hall–Kier alpha value is -1.59. The van der Waals surface area contributed by atoms with Gasteiger partial charge in [-0.15, -0.1) is 0 Å². The molecular formula is C15H17NO3S. The van der Waals surface area contributed by atoms with E-state index < -0.39 is 9.84 Å². The van der Waals surface area contributed by atoms with Crippen molar-refractivity contribution >= 4 is 9.84 Å². The largest absolute Gasteiger partial charge is 0.464 e. The van der Waals surface area contributed by atoms with E-state index in [1.54, 1.807) is 18.2 Å². The molecule has 106 valence electrons. The lowest BCUT2D eigenvalue weighted by Gasteiger charge is -2.05. The monoisotopic (exact) mass is 291 g/mol. The summed E-state index contributed by atoms with van der Waals surface area (Å²) in [5.41, 5.74) is 7.89. The molecule has 2 N–H and O–H groups in total. The maximum atomic E-state index is 12.4. The number of nitrogens with two attached hydrogens (primary N) is 1. The lowest BCUT2D eigenvalue weighted by molar-refractivity contribution is 0.477. The van der Waals surface area contributed by atoms with E-state index in [0.29, 0.717) is 16.4 Å². The van der Waals surface area contributed by atoms with E-state index in [4.69, 9.17) is 10.2 Å². The van der Waals surface area contributed by atoms with Crippen LogP contribution in [0.25, 0.3) is 0 Å². The Kier molecular flexibility index (Phi) is 3.40. The van der Waals surface area contributed by atoms with Crippen molar-refractivity contribution in [2.75, 3.05) is 0 Å². The molecule has 0 spiro atoms. The first-order chi connectivity index (χ1) is 9.58. The van der Waals surface area contributed by atoms with Crippen LogP contribution >= 0.6 is 0 Å². The van der Waals surface area contributed by atoms with E-state index in [9.17, 15) is 8.42 Å². The minimum absolute atomic E-state index is 0.119. The molecule has 0 bridgehead atoms. The third-order valence-electron chi connectivity index (χ3n) is 3.68. The maximum absolute atomic E-state index is 12.4. The van der Waals surface area contributed by atoms with E-state index in [2.05, 4.69) is 0 Å². The third-order valence-corrected chi connectivity index (χ3v) is 5.32. The van der Waals surface area contributed by atoms with E-state index in [1.807, 2.05) is 12.1 Å². The number of hydrogen-bond acceptors (Lipinski definition) is 4. The van der Waals surface area contributed by atoms with Gasteiger partial charge in [0, 0.05) is 0 Å². The summed E-state index contributed by atoms with van der Waals surface area (Å²) < 4.78 is 30.2. The molecule has 1 heterocycles. The summed E-state index contributed by atoms with van der Waals surface area (Å²) in [4.78, 5) is 0.379. The SMILES string of the molecule is NCc1ccc(CS(=O)(=O)c2ccc3c(c2)CCC3)o1. The molecule has 0 amide bonds. The Labute approximate surface area is 118 Å². The molecule has 0 saturated heterocycles. The fourth-order valence-electron chi connectivity index (χ4n) is 2.62. The Morgan fingerprint density at radius 2 is 1.80 bits per heavy atom. The molecular weight excluding hydrogens is 274 g/mol. The van der Waals surface area contributed by atoms with Gasteiger partial charge in [0.1, 0.15) is 17.3 Å². The van der Waals surface area contributed by atoms with Crippen molar-refractivity contribution in [1.29, 1.82) is 0 Å². The average Bonchev–Trinajstić information content (AvgIpc) is 3.05. The highest BCUT2D eigenvalue weighted by atomic mass is 32.2. The average molecular weight is 291 g/mol. The van der Waals surface area contributed by atoms with Crippen LogP contribution in [0.1, 0.15) is 29.1 Å². The first-order valence-corrected chi connectivity index (χ1v) is 8.36. The number of sulfone groups is 1. The van der Waals surface area contributed by atoms with Crippen molar-refractivity contribution in [2.45, 2.75) is 36.5 Å². The van der Waals surface area contributed by atoms with Gasteiger partial charge in [0.2, 0.25) is 0 Å². The maximum Gasteiger partial charge on any atom is 0.185 e. The van der Waals surface area contributed by atoms with Gasteiger partial charge in [-0.25, -0.2) is 8.42 Å². The van der Waals surface area contributed by atoms with E-state index in [1.165, 1.54) is 5.56 Å². The molecule has 0 aliphatic heterocycles. The number of furan rings is 1. The molecule has 1 aromatic heterocycles. The first kappa shape index (κ1) is 13.4. The molecule has 3 rings (SSSR count). The molecule has 0 saturated carbocycles. The zero-order valence-corrected chi connectivity index (χ0v) is 11.9. The summed E-state index contributed by atoms with van der Waals surface area (Å²) in [6, 6.07) is 8.83. The van der Waals surface area contributed by atoms with Crippen LogP contribution in [-0.4, -0.2) is 8.42 Å². The van der Waals surface area contributed by atoms with E-state index in [0.717, 1.165) is 24.8 Å². The molecule has 20 heavy (non-hydrogen) atoms. The Balaban J connectivity index is 1.88. The van der Waals surface area contributed by atoms with Crippen molar-refractivity contribution in [3.05, 3.63) is 53.0 Å². The molecule has 0 atom stereocenters. The van der Waals surface area contributed by atoms with Crippen LogP contribution in [0.15, 0.2) is 39.6 Å². The highest BCUT2D eigenvalue weighted by Gasteiger charge is 2.20. The van der Waals surface area contributed by atoms with Crippen molar-refractivity contribution in [3.63, 3.8) is 0 Å². The summed E-state index contributed by atoms with van der Waals surface area (Å²) in [5.74, 6) is 0.918. The quantitative estimate of drug-likeness (QED) is 0.937. The molecule has 1 aliphatic rings. The van der Waals surface area contributed by atoms with Crippen LogP contribution in [0.3, 0.4) is 0 Å². The van der Waals surface area contributed by atoms with E-state index >= 15 is 0 Å². The lowest BCUT2D eigenvalue weighted by Crippen LogP contribution is -2.05. The van der Waals surface area contributed by atoms with Crippen LogP contribution < -0.4 is 5.73 Å². The highest BCUT2D eigenvalue weighted by Crippen LogP contribution is 2.26. The van der Waals surface area contributed by atoms with Gasteiger partial charge in [-0.1, -0.05) is 6.07 Å². The lowest BCUT2D eigenvalue weighted by atomic mass is 10.1. The van der Waals surface area contributed by atoms with Crippen LogP contribution in [-0.2, 0) is 35.0 Å². The van der Waals surface area contributed by atoms with Gasteiger partial charge in [-0.05, 0) is 54.7 Å². The summed E-state index contributed by atoms with van der Waals surface area (Å²) in [6.07, 6.45) is 3.13. The van der Waals surface area contributed by atoms with Crippen molar-refractivity contribution in [2.24, 2.45) is 5.73 Å². The van der Waals surface area contributed by atoms with Gasteiger partial charge >= 0.3 is 0 Å². The second-order valence-corrected chi connectivity index (χ2v) is 7.10. The molecule has 2 aromatic rings. The molecule has 1 aromatic carbocycles. The second-order valence-electron chi connectivity index (χ2n) is 5.12. The first-order valence-electron chi connectivity index (χ1n) is 6.71. The number of hydrogen-bond donors (Lipinski definition) is 1. The van der Waals surface area contributed by atoms with Gasteiger partial charge in [0.05, 0.1) is 11.4 Å². The van der Waals surface area contributed by atoms with Crippen molar-refractivity contribution < 1.29 is 12.8 Å². The Morgan fingerprint density at radius 1 is 1.05 bits per heavy atom. The smallest absolute Gasteiger partial charge is 0.185 e. The molecule has 1 aliphatic carbocycles. The minimum atomic E-state index is -3.36. The molecule has 0 fully saturated rings. The van der Waals surface area contributed by atoms with Gasteiger partial charge in [-0.3, -0.25) is 0 Å². The summed E-state index contributed by atoms with van der Waals surface area (Å²) in [5, 5.41) is 0. The van der Waals surface area contributed by atoms with Crippen LogP contribution in [0.2, 0.25) is 0 Å². The zero-order chi connectivity index (χ0) is 14.2. The minimum Gasteiger partial charge on any atom is -0.464 e. The number of fused-ring (bicyclic) bond motifs is 1. The number of benzene rings is 1. The summed E-state index contributed by atoms with van der Waals surface area (Å²) in [6.45, 7) is 0.277. The van der Waals surface area contributed by atoms with Crippen LogP contribution in [0.5, 0.6) is 0 Å². The van der Waals surface area contributed by atoms with Crippen molar-refractivity contribution in [1.82, 2.24) is 0 Å². The molecule has 4 nitrogen and oxygen atoms in total. The van der Waals surface area contributed by atoms with Gasteiger partial charge in [0.15, 0.2) is 9.84 Å². The third kappa shape index (κ3) is 2.51. The fourth-order valence-corrected chi connectivity index (χ4v) is 3.92. The van der Waals surface area contributed by atoms with Crippen LogP contribution in [0.4, 0.5) is 0 Å². The molecule has 0 unspecified atom stereocenters. The topological polar surface area (TPSA) is 73.3 Å². The number of rotatable bonds is 4. The fraction of sp³-hybridized carbons (Fsp3) is 0.333. The number of aryl methyl sites for hydroxylation is 2.